The van der Waals surface area contributed by atoms with Crippen LogP contribution in [0.4, 0.5) is 5.69 Å². The summed E-state index contributed by atoms with van der Waals surface area (Å²) in [5.41, 5.74) is -0.0832. The van der Waals surface area contributed by atoms with Crippen molar-refractivity contribution in [1.29, 1.82) is 0 Å². The van der Waals surface area contributed by atoms with Gasteiger partial charge in [-0.05, 0) is 40.2 Å². The van der Waals surface area contributed by atoms with Gasteiger partial charge < -0.3 is 4.74 Å². The van der Waals surface area contributed by atoms with E-state index in [1.807, 2.05) is 6.07 Å². The molecule has 6 heteroatoms. The van der Waals surface area contributed by atoms with Gasteiger partial charge in [0.05, 0.1) is 9.40 Å². The molecule has 0 aromatic heterocycles. The molecule has 0 fully saturated rings. The molecule has 2 rings (SSSR count). The van der Waals surface area contributed by atoms with Crippen molar-refractivity contribution in [3.8, 4) is 11.5 Å². The van der Waals surface area contributed by atoms with Crippen LogP contribution in [0.15, 0.2) is 51.4 Å². The molecule has 0 saturated carbocycles. The first-order valence-electron chi connectivity index (χ1n) is 4.94. The van der Waals surface area contributed by atoms with E-state index < -0.39 is 4.92 Å². The Labute approximate surface area is 120 Å². The Morgan fingerprint density at radius 1 is 1.06 bits per heavy atom. The number of halogens is 2. The number of nitro groups is 1. The van der Waals surface area contributed by atoms with Crippen molar-refractivity contribution in [1.82, 2.24) is 0 Å². The minimum absolute atomic E-state index is 0.0832. The van der Waals surface area contributed by atoms with Gasteiger partial charge in [0.25, 0.3) is 0 Å². The smallest absolute Gasteiger partial charge is 0.312 e. The number of rotatable bonds is 3. The SMILES string of the molecule is O=[N+]([O-])c1cc(Br)ccc1Oc1ccccc1Br. The van der Waals surface area contributed by atoms with Crippen LogP contribution in [0.5, 0.6) is 11.5 Å². The van der Waals surface area contributed by atoms with Crippen LogP contribution in [0, 0.1) is 10.1 Å². The molecular formula is C12H7Br2NO3. The summed E-state index contributed by atoms with van der Waals surface area (Å²) in [4.78, 5) is 10.5. The zero-order valence-corrected chi connectivity index (χ0v) is 12.1. The highest BCUT2D eigenvalue weighted by atomic mass is 79.9. The largest absolute Gasteiger partial charge is 0.449 e. The molecule has 0 heterocycles. The number of hydrogen-bond acceptors (Lipinski definition) is 3. The summed E-state index contributed by atoms with van der Waals surface area (Å²) in [5.74, 6) is 0.734. The molecule has 2 aromatic carbocycles. The maximum atomic E-state index is 10.9. The molecule has 0 spiro atoms. The Balaban J connectivity index is 2.41. The van der Waals surface area contributed by atoms with E-state index in [1.54, 1.807) is 30.3 Å². The van der Waals surface area contributed by atoms with Gasteiger partial charge in [0, 0.05) is 10.5 Å². The van der Waals surface area contributed by atoms with Crippen molar-refractivity contribution < 1.29 is 9.66 Å². The second-order valence-electron chi connectivity index (χ2n) is 3.40. The van der Waals surface area contributed by atoms with Gasteiger partial charge in [-0.25, -0.2) is 0 Å². The van der Waals surface area contributed by atoms with E-state index in [1.165, 1.54) is 6.07 Å². The van der Waals surface area contributed by atoms with Crippen molar-refractivity contribution in [2.75, 3.05) is 0 Å². The standard InChI is InChI=1S/C12H7Br2NO3/c13-8-5-6-12(10(7-8)15(16)17)18-11-4-2-1-3-9(11)14/h1-7H. The summed E-state index contributed by atoms with van der Waals surface area (Å²) >= 11 is 6.52. The molecule has 2 aromatic rings. The van der Waals surface area contributed by atoms with Crippen molar-refractivity contribution in [2.24, 2.45) is 0 Å². The molecule has 0 atom stereocenters. The lowest BCUT2D eigenvalue weighted by atomic mass is 10.3. The maximum absolute atomic E-state index is 10.9. The first-order valence-corrected chi connectivity index (χ1v) is 6.53. The quantitative estimate of drug-likeness (QED) is 0.568. The van der Waals surface area contributed by atoms with Crippen molar-refractivity contribution in [3.05, 3.63) is 61.5 Å². The average molecular weight is 373 g/mol. The van der Waals surface area contributed by atoms with Gasteiger partial charge in [-0.1, -0.05) is 28.1 Å². The van der Waals surface area contributed by atoms with Crippen LogP contribution in [-0.4, -0.2) is 4.92 Å². The van der Waals surface area contributed by atoms with Crippen LogP contribution < -0.4 is 4.74 Å². The minimum Gasteiger partial charge on any atom is -0.449 e. The third-order valence-corrected chi connectivity index (χ3v) is 3.32. The molecule has 0 unspecified atom stereocenters. The van der Waals surface area contributed by atoms with Crippen LogP contribution in [0.2, 0.25) is 0 Å². The Morgan fingerprint density at radius 3 is 2.44 bits per heavy atom. The van der Waals surface area contributed by atoms with Gasteiger partial charge >= 0.3 is 5.69 Å². The molecule has 0 amide bonds. The summed E-state index contributed by atoms with van der Waals surface area (Å²) in [7, 11) is 0. The second kappa shape index (κ2) is 5.49. The van der Waals surface area contributed by atoms with Crippen LogP contribution in [-0.2, 0) is 0 Å². The van der Waals surface area contributed by atoms with E-state index in [9.17, 15) is 10.1 Å². The molecule has 0 aliphatic carbocycles. The summed E-state index contributed by atoms with van der Waals surface area (Å²) in [6.45, 7) is 0. The highest BCUT2D eigenvalue weighted by molar-refractivity contribution is 9.10. The predicted octanol–water partition coefficient (Wildman–Crippen LogP) is 4.91. The van der Waals surface area contributed by atoms with E-state index in [2.05, 4.69) is 31.9 Å². The van der Waals surface area contributed by atoms with E-state index in [4.69, 9.17) is 4.74 Å². The van der Waals surface area contributed by atoms with Crippen molar-refractivity contribution >= 4 is 37.5 Å². The fourth-order valence-corrected chi connectivity index (χ4v) is 2.08. The van der Waals surface area contributed by atoms with Gasteiger partial charge in [-0.2, -0.15) is 0 Å². The number of hydrogen-bond donors (Lipinski definition) is 0. The molecule has 0 N–H and O–H groups in total. The van der Waals surface area contributed by atoms with E-state index in [0.29, 0.717) is 10.2 Å². The summed E-state index contributed by atoms with van der Waals surface area (Å²) < 4.78 is 6.92. The van der Waals surface area contributed by atoms with E-state index in [0.717, 1.165) is 4.47 Å². The molecule has 92 valence electrons. The Morgan fingerprint density at radius 2 is 1.78 bits per heavy atom. The number of nitro benzene ring substituents is 1. The lowest BCUT2D eigenvalue weighted by Crippen LogP contribution is -1.93. The summed E-state index contributed by atoms with van der Waals surface area (Å²) in [5, 5.41) is 10.9. The van der Waals surface area contributed by atoms with Crippen LogP contribution in [0.25, 0.3) is 0 Å². The Kier molecular flexibility index (Phi) is 3.98. The molecule has 4 nitrogen and oxygen atoms in total. The minimum atomic E-state index is -0.475. The second-order valence-corrected chi connectivity index (χ2v) is 5.17. The topological polar surface area (TPSA) is 52.4 Å². The zero-order chi connectivity index (χ0) is 13.1. The third-order valence-electron chi connectivity index (χ3n) is 2.17. The van der Waals surface area contributed by atoms with Gasteiger partial charge in [-0.15, -0.1) is 0 Å². The number of nitrogens with zero attached hydrogens (tertiary/aromatic N) is 1. The zero-order valence-electron chi connectivity index (χ0n) is 8.97. The van der Waals surface area contributed by atoms with Crippen LogP contribution in [0.3, 0.4) is 0 Å². The summed E-state index contributed by atoms with van der Waals surface area (Å²) in [6.07, 6.45) is 0. The summed E-state index contributed by atoms with van der Waals surface area (Å²) in [6, 6.07) is 11.8. The van der Waals surface area contributed by atoms with Crippen molar-refractivity contribution in [3.63, 3.8) is 0 Å². The van der Waals surface area contributed by atoms with Crippen LogP contribution in [0.1, 0.15) is 0 Å². The number of ether oxygens (including phenoxy) is 1. The van der Waals surface area contributed by atoms with Gasteiger partial charge in [0.1, 0.15) is 5.75 Å². The Bertz CT molecular complexity index is 602. The number of para-hydroxylation sites is 1. The fraction of sp³-hybridized carbons (Fsp3) is 0. The molecular weight excluding hydrogens is 366 g/mol. The lowest BCUT2D eigenvalue weighted by Gasteiger charge is -2.07. The molecule has 0 aliphatic heterocycles. The first-order chi connectivity index (χ1) is 8.58. The number of benzene rings is 2. The first kappa shape index (κ1) is 13.0. The van der Waals surface area contributed by atoms with Crippen molar-refractivity contribution in [2.45, 2.75) is 0 Å². The highest BCUT2D eigenvalue weighted by Crippen LogP contribution is 2.36. The van der Waals surface area contributed by atoms with Gasteiger partial charge in [0.2, 0.25) is 5.75 Å². The molecule has 18 heavy (non-hydrogen) atoms. The fourth-order valence-electron chi connectivity index (χ4n) is 1.37. The molecule has 0 bridgehead atoms. The average Bonchev–Trinajstić information content (AvgIpc) is 2.34. The Hall–Kier alpha value is -1.40. The third kappa shape index (κ3) is 2.88. The highest BCUT2D eigenvalue weighted by Gasteiger charge is 2.16. The molecule has 0 radical (unpaired) electrons. The van der Waals surface area contributed by atoms with E-state index >= 15 is 0 Å². The van der Waals surface area contributed by atoms with E-state index in [-0.39, 0.29) is 11.4 Å². The predicted molar refractivity (Wildman–Crippen MR) is 75.0 cm³/mol. The van der Waals surface area contributed by atoms with Gasteiger partial charge in [-0.3, -0.25) is 10.1 Å². The normalized spacial score (nSPS) is 10.1. The maximum Gasteiger partial charge on any atom is 0.312 e. The molecule has 0 saturated heterocycles. The van der Waals surface area contributed by atoms with Crippen LogP contribution >= 0.6 is 31.9 Å². The van der Waals surface area contributed by atoms with Gasteiger partial charge in [0.15, 0.2) is 0 Å². The molecule has 0 aliphatic rings. The monoisotopic (exact) mass is 371 g/mol. The lowest BCUT2D eigenvalue weighted by molar-refractivity contribution is -0.385.